The zero-order valence-electron chi connectivity index (χ0n) is 18.5. The molecular weight excluding hydrogens is 432 g/mol. The van der Waals surface area contributed by atoms with Crippen molar-refractivity contribution >= 4 is 23.6 Å². The van der Waals surface area contributed by atoms with E-state index in [1.165, 1.54) is 0 Å². The summed E-state index contributed by atoms with van der Waals surface area (Å²) in [5.74, 6) is 0.503. The summed E-state index contributed by atoms with van der Waals surface area (Å²) in [6.07, 6.45) is 0.176. The van der Waals surface area contributed by atoms with Gasteiger partial charge in [0.05, 0.1) is 24.8 Å². The molecule has 0 saturated heterocycles. The minimum atomic E-state index is -0.696. The standard InChI is InChI=1S/C24H27ClN2O5/c1-5-18-21(23(28)32-14(2)3)22(27-24(29)26-18)15-10-11-19(30-4)20(12-15)31-13-16-8-6-7-9-17(16)25/h6-12,14,22H,5,13H2,1-4H3,(H2,26,27,29). The van der Waals surface area contributed by atoms with Crippen LogP contribution in [0.2, 0.25) is 5.02 Å². The molecular formula is C24H27ClN2O5. The van der Waals surface area contributed by atoms with Crippen molar-refractivity contribution < 1.29 is 23.8 Å². The van der Waals surface area contributed by atoms with Crippen LogP contribution in [0, 0.1) is 0 Å². The Balaban J connectivity index is 1.97. The number of hydrogen-bond donors (Lipinski definition) is 2. The summed E-state index contributed by atoms with van der Waals surface area (Å²) in [7, 11) is 1.55. The molecule has 1 aliphatic heterocycles. The van der Waals surface area contributed by atoms with Crippen LogP contribution in [0.3, 0.4) is 0 Å². The molecule has 1 atom stereocenters. The largest absolute Gasteiger partial charge is 0.493 e. The highest BCUT2D eigenvalue weighted by atomic mass is 35.5. The SMILES string of the molecule is CCC1=C(C(=O)OC(C)C)C(c2ccc(OC)c(OCc3ccccc3Cl)c2)NC(=O)N1. The maximum Gasteiger partial charge on any atom is 0.338 e. The molecule has 0 radical (unpaired) electrons. The Kier molecular flexibility index (Phi) is 7.64. The summed E-state index contributed by atoms with van der Waals surface area (Å²) in [6, 6.07) is 11.6. The molecule has 8 heteroatoms. The number of esters is 1. The highest BCUT2D eigenvalue weighted by Gasteiger charge is 2.34. The van der Waals surface area contributed by atoms with Crippen molar-refractivity contribution in [1.29, 1.82) is 0 Å². The quantitative estimate of drug-likeness (QED) is 0.549. The van der Waals surface area contributed by atoms with Crippen LogP contribution in [-0.2, 0) is 16.1 Å². The normalized spacial score (nSPS) is 15.8. The van der Waals surface area contributed by atoms with Gasteiger partial charge in [-0.2, -0.15) is 0 Å². The number of methoxy groups -OCH3 is 1. The summed E-state index contributed by atoms with van der Waals surface area (Å²) in [5, 5.41) is 6.14. The third-order valence-electron chi connectivity index (χ3n) is 4.93. The fourth-order valence-corrected chi connectivity index (χ4v) is 3.61. The average molecular weight is 459 g/mol. The first-order valence-electron chi connectivity index (χ1n) is 10.4. The van der Waals surface area contributed by atoms with E-state index in [1.54, 1.807) is 45.2 Å². The Labute approximate surface area is 192 Å². The molecule has 0 aromatic heterocycles. The summed E-state index contributed by atoms with van der Waals surface area (Å²) >= 11 is 6.24. The minimum absolute atomic E-state index is 0.233. The number of benzene rings is 2. The first-order chi connectivity index (χ1) is 15.3. The van der Waals surface area contributed by atoms with Crippen LogP contribution in [0.1, 0.15) is 44.4 Å². The number of hydrogen-bond acceptors (Lipinski definition) is 5. The van der Waals surface area contributed by atoms with Crippen LogP contribution in [-0.4, -0.2) is 25.2 Å². The third-order valence-corrected chi connectivity index (χ3v) is 5.30. The third kappa shape index (κ3) is 5.34. The van der Waals surface area contributed by atoms with Gasteiger partial charge in [-0.1, -0.05) is 42.8 Å². The molecule has 3 rings (SSSR count). The Morgan fingerprint density at radius 3 is 2.56 bits per heavy atom. The first-order valence-corrected chi connectivity index (χ1v) is 10.8. The van der Waals surface area contributed by atoms with Crippen LogP contribution in [0.15, 0.2) is 53.7 Å². The number of carbonyl (C=O) groups excluding carboxylic acids is 2. The van der Waals surface area contributed by atoms with E-state index in [4.69, 9.17) is 25.8 Å². The Morgan fingerprint density at radius 1 is 1.16 bits per heavy atom. The first kappa shape index (κ1) is 23.5. The number of rotatable bonds is 8. The average Bonchev–Trinajstić information content (AvgIpc) is 2.77. The second-order valence-corrected chi connectivity index (χ2v) is 7.93. The number of nitrogens with one attached hydrogen (secondary N) is 2. The maximum atomic E-state index is 12.9. The van der Waals surface area contributed by atoms with Crippen molar-refractivity contribution in [3.05, 3.63) is 69.9 Å². The van der Waals surface area contributed by atoms with Gasteiger partial charge in [0.25, 0.3) is 0 Å². The van der Waals surface area contributed by atoms with Crippen molar-refractivity contribution in [3.63, 3.8) is 0 Å². The topological polar surface area (TPSA) is 85.9 Å². The van der Waals surface area contributed by atoms with Gasteiger partial charge in [0.15, 0.2) is 11.5 Å². The van der Waals surface area contributed by atoms with E-state index in [0.717, 1.165) is 5.56 Å². The monoisotopic (exact) mass is 458 g/mol. The van der Waals surface area contributed by atoms with Gasteiger partial charge in [0.2, 0.25) is 0 Å². The second-order valence-electron chi connectivity index (χ2n) is 7.52. The lowest BCUT2D eigenvalue weighted by atomic mass is 9.94. The Bertz CT molecular complexity index is 1030. The van der Waals surface area contributed by atoms with Crippen LogP contribution >= 0.6 is 11.6 Å². The van der Waals surface area contributed by atoms with Gasteiger partial charge in [-0.05, 0) is 44.0 Å². The highest BCUT2D eigenvalue weighted by Crippen LogP contribution is 2.36. The van der Waals surface area contributed by atoms with Crippen molar-refractivity contribution in [2.75, 3.05) is 7.11 Å². The molecule has 2 aromatic carbocycles. The fourth-order valence-electron chi connectivity index (χ4n) is 3.42. The smallest absolute Gasteiger partial charge is 0.338 e. The molecule has 0 bridgehead atoms. The number of carbonyl (C=O) groups is 2. The molecule has 170 valence electrons. The Hall–Kier alpha value is -3.19. The van der Waals surface area contributed by atoms with Crippen molar-refractivity contribution in [1.82, 2.24) is 10.6 Å². The highest BCUT2D eigenvalue weighted by molar-refractivity contribution is 6.31. The van der Waals surface area contributed by atoms with E-state index in [2.05, 4.69) is 10.6 Å². The predicted molar refractivity (Wildman–Crippen MR) is 122 cm³/mol. The van der Waals surface area contributed by atoms with Crippen LogP contribution in [0.5, 0.6) is 11.5 Å². The lowest BCUT2D eigenvalue weighted by Gasteiger charge is -2.30. The van der Waals surface area contributed by atoms with E-state index >= 15 is 0 Å². The molecule has 7 nitrogen and oxygen atoms in total. The van der Waals surface area contributed by atoms with Crippen molar-refractivity contribution in [2.24, 2.45) is 0 Å². The number of ether oxygens (including phenoxy) is 3. The lowest BCUT2D eigenvalue weighted by Crippen LogP contribution is -2.46. The van der Waals surface area contributed by atoms with Gasteiger partial charge >= 0.3 is 12.0 Å². The van der Waals surface area contributed by atoms with Gasteiger partial charge in [-0.15, -0.1) is 0 Å². The van der Waals surface area contributed by atoms with Gasteiger partial charge in [0.1, 0.15) is 6.61 Å². The number of halogens is 1. The minimum Gasteiger partial charge on any atom is -0.493 e. The van der Waals surface area contributed by atoms with Crippen molar-refractivity contribution in [2.45, 2.75) is 45.9 Å². The van der Waals surface area contributed by atoms with Crippen LogP contribution in [0.4, 0.5) is 4.79 Å². The summed E-state index contributed by atoms with van der Waals surface area (Å²) in [5.41, 5.74) is 2.38. The maximum absolute atomic E-state index is 12.9. The summed E-state index contributed by atoms with van der Waals surface area (Å²) in [4.78, 5) is 25.2. The molecule has 0 spiro atoms. The summed E-state index contributed by atoms with van der Waals surface area (Å²) < 4.78 is 16.9. The molecule has 0 saturated carbocycles. The van der Waals surface area contributed by atoms with Crippen LogP contribution < -0.4 is 20.1 Å². The molecule has 2 N–H and O–H groups in total. The Morgan fingerprint density at radius 2 is 1.91 bits per heavy atom. The van der Waals surface area contributed by atoms with E-state index in [-0.39, 0.29) is 18.7 Å². The van der Waals surface area contributed by atoms with Gasteiger partial charge in [-0.25, -0.2) is 9.59 Å². The van der Waals surface area contributed by atoms with E-state index in [1.807, 2.05) is 25.1 Å². The molecule has 0 fully saturated rings. The van der Waals surface area contributed by atoms with Gasteiger partial charge < -0.3 is 24.8 Å². The molecule has 0 aliphatic carbocycles. The number of urea groups is 1. The van der Waals surface area contributed by atoms with Gasteiger partial charge in [-0.3, -0.25) is 0 Å². The van der Waals surface area contributed by atoms with Crippen LogP contribution in [0.25, 0.3) is 0 Å². The number of amides is 2. The lowest BCUT2D eigenvalue weighted by molar-refractivity contribution is -0.143. The molecule has 2 amide bonds. The molecule has 32 heavy (non-hydrogen) atoms. The van der Waals surface area contributed by atoms with E-state index in [9.17, 15) is 9.59 Å². The fraction of sp³-hybridized carbons (Fsp3) is 0.333. The molecule has 1 heterocycles. The number of allylic oxidation sites excluding steroid dienone is 1. The molecule has 2 aromatic rings. The van der Waals surface area contributed by atoms with E-state index in [0.29, 0.717) is 39.8 Å². The van der Waals surface area contributed by atoms with Crippen molar-refractivity contribution in [3.8, 4) is 11.5 Å². The van der Waals surface area contributed by atoms with E-state index < -0.39 is 12.0 Å². The summed E-state index contributed by atoms with van der Waals surface area (Å²) in [6.45, 7) is 5.66. The zero-order chi connectivity index (χ0) is 23.3. The van der Waals surface area contributed by atoms with Gasteiger partial charge in [0, 0.05) is 16.3 Å². The molecule has 1 aliphatic rings. The predicted octanol–water partition coefficient (Wildman–Crippen LogP) is 4.90. The zero-order valence-corrected chi connectivity index (χ0v) is 19.3. The molecule has 1 unspecified atom stereocenters. The second kappa shape index (κ2) is 10.4.